The number of urea groups is 1. The molecule has 2 amide bonds. The maximum atomic E-state index is 12.1. The highest BCUT2D eigenvalue weighted by Gasteiger charge is 2.24. The molecule has 1 aromatic rings. The van der Waals surface area contributed by atoms with E-state index in [1.165, 1.54) is 4.88 Å². The average Bonchev–Trinajstić information content (AvgIpc) is 2.84. The van der Waals surface area contributed by atoms with Gasteiger partial charge in [-0.1, -0.05) is 0 Å². The van der Waals surface area contributed by atoms with Crippen molar-refractivity contribution in [2.24, 2.45) is 5.92 Å². The summed E-state index contributed by atoms with van der Waals surface area (Å²) in [5, 5.41) is 11.8. The minimum atomic E-state index is -0.787. The third-order valence-corrected chi connectivity index (χ3v) is 5.23. The molecule has 5 nitrogen and oxygen atoms in total. The van der Waals surface area contributed by atoms with Crippen LogP contribution in [0.1, 0.15) is 24.1 Å². The molecule has 0 radical (unpaired) electrons. The van der Waals surface area contributed by atoms with Crippen LogP contribution in [0.3, 0.4) is 0 Å². The maximum Gasteiger partial charge on any atom is 0.317 e. The van der Waals surface area contributed by atoms with Crippen LogP contribution in [-0.2, 0) is 11.2 Å². The number of thiophene rings is 1. The van der Waals surface area contributed by atoms with Crippen LogP contribution in [-0.4, -0.2) is 41.6 Å². The molecule has 1 unspecified atom stereocenters. The van der Waals surface area contributed by atoms with Gasteiger partial charge in [-0.05, 0) is 53.2 Å². The molecule has 2 heterocycles. The molecule has 116 valence electrons. The molecule has 2 N–H and O–H groups in total. The number of hydrogen-bond donors (Lipinski definition) is 2. The van der Waals surface area contributed by atoms with Crippen LogP contribution in [0.4, 0.5) is 4.79 Å². The zero-order chi connectivity index (χ0) is 15.2. The summed E-state index contributed by atoms with van der Waals surface area (Å²) in [4.78, 5) is 25.8. The molecule has 1 aromatic heterocycles. The van der Waals surface area contributed by atoms with Gasteiger partial charge < -0.3 is 15.3 Å². The second kappa shape index (κ2) is 7.79. The zero-order valence-electron chi connectivity index (χ0n) is 11.7. The Hall–Kier alpha value is -1.08. The number of rotatable bonds is 5. The van der Waals surface area contributed by atoms with Crippen LogP contribution in [0.5, 0.6) is 0 Å². The Labute approximate surface area is 136 Å². The second-order valence-corrected chi connectivity index (χ2v) is 7.79. The first-order chi connectivity index (χ1) is 10.0. The van der Waals surface area contributed by atoms with E-state index in [1.807, 2.05) is 12.1 Å². The lowest BCUT2D eigenvalue weighted by molar-refractivity contribution is -0.138. The van der Waals surface area contributed by atoms with E-state index in [9.17, 15) is 9.59 Å². The molecule has 1 aliphatic heterocycles. The summed E-state index contributed by atoms with van der Waals surface area (Å²) in [6, 6.07) is 3.97. The Morgan fingerprint density at radius 3 is 2.95 bits per heavy atom. The number of aliphatic carboxylic acids is 1. The van der Waals surface area contributed by atoms with Crippen LogP contribution in [0, 0.1) is 5.92 Å². The lowest BCUT2D eigenvalue weighted by Gasteiger charge is -2.32. The number of carboxylic acid groups (broad SMARTS) is 1. The van der Waals surface area contributed by atoms with Gasteiger partial charge in [0.1, 0.15) is 0 Å². The fraction of sp³-hybridized carbons (Fsp3) is 0.571. The van der Waals surface area contributed by atoms with Gasteiger partial charge in [-0.3, -0.25) is 4.79 Å². The molecule has 7 heteroatoms. The fourth-order valence-corrected chi connectivity index (χ4v) is 4.04. The van der Waals surface area contributed by atoms with Crippen LogP contribution in [0.15, 0.2) is 15.9 Å². The van der Waals surface area contributed by atoms with E-state index in [0.29, 0.717) is 19.6 Å². The molecule has 0 aromatic carbocycles. The first-order valence-corrected chi connectivity index (χ1v) is 8.64. The van der Waals surface area contributed by atoms with E-state index < -0.39 is 5.97 Å². The van der Waals surface area contributed by atoms with Crippen molar-refractivity contribution >= 4 is 39.3 Å². The SMILES string of the molecule is O=C(O)CC1CCCN(C(=O)NCCc2ccc(Br)s2)C1. The van der Waals surface area contributed by atoms with Crippen molar-refractivity contribution in [3.05, 3.63) is 20.8 Å². The van der Waals surface area contributed by atoms with Gasteiger partial charge in [0.25, 0.3) is 0 Å². The summed E-state index contributed by atoms with van der Waals surface area (Å²) in [5.41, 5.74) is 0. The molecule has 0 saturated carbocycles. The third-order valence-electron chi connectivity index (χ3n) is 3.55. The summed E-state index contributed by atoms with van der Waals surface area (Å²) >= 11 is 5.09. The van der Waals surface area contributed by atoms with Gasteiger partial charge in [0.15, 0.2) is 0 Å². The van der Waals surface area contributed by atoms with E-state index in [2.05, 4.69) is 21.2 Å². The van der Waals surface area contributed by atoms with Gasteiger partial charge in [-0.2, -0.15) is 0 Å². The van der Waals surface area contributed by atoms with Crippen LogP contribution < -0.4 is 5.32 Å². The highest BCUT2D eigenvalue weighted by atomic mass is 79.9. The van der Waals surface area contributed by atoms with Crippen molar-refractivity contribution in [3.63, 3.8) is 0 Å². The number of likely N-dealkylation sites (tertiary alicyclic amines) is 1. The summed E-state index contributed by atoms with van der Waals surface area (Å²) in [6.07, 6.45) is 2.73. The Morgan fingerprint density at radius 1 is 1.48 bits per heavy atom. The Kier molecular flexibility index (Phi) is 6.05. The lowest BCUT2D eigenvalue weighted by Crippen LogP contribution is -2.46. The molecule has 2 rings (SSSR count). The topological polar surface area (TPSA) is 69.6 Å². The van der Waals surface area contributed by atoms with Crippen molar-refractivity contribution in [3.8, 4) is 0 Å². The summed E-state index contributed by atoms with van der Waals surface area (Å²) in [6.45, 7) is 1.86. The van der Waals surface area contributed by atoms with Gasteiger partial charge >= 0.3 is 12.0 Å². The minimum Gasteiger partial charge on any atom is -0.481 e. The number of amides is 2. The fourth-order valence-electron chi connectivity index (χ4n) is 2.55. The van der Waals surface area contributed by atoms with E-state index in [0.717, 1.165) is 23.0 Å². The first kappa shape index (κ1) is 16.3. The van der Waals surface area contributed by atoms with E-state index in [-0.39, 0.29) is 18.4 Å². The zero-order valence-corrected chi connectivity index (χ0v) is 14.1. The van der Waals surface area contributed by atoms with Crippen molar-refractivity contribution < 1.29 is 14.7 Å². The number of nitrogens with one attached hydrogen (secondary N) is 1. The highest BCUT2D eigenvalue weighted by molar-refractivity contribution is 9.11. The number of nitrogens with zero attached hydrogens (tertiary/aromatic N) is 1. The smallest absolute Gasteiger partial charge is 0.317 e. The molecule has 0 bridgehead atoms. The van der Waals surface area contributed by atoms with E-state index >= 15 is 0 Å². The molecular weight excluding hydrogens is 356 g/mol. The van der Waals surface area contributed by atoms with Gasteiger partial charge in [0.05, 0.1) is 3.79 Å². The third kappa shape index (κ3) is 5.32. The lowest BCUT2D eigenvalue weighted by atomic mass is 9.95. The summed E-state index contributed by atoms with van der Waals surface area (Å²) in [7, 11) is 0. The van der Waals surface area contributed by atoms with E-state index in [4.69, 9.17) is 5.11 Å². The number of piperidine rings is 1. The van der Waals surface area contributed by atoms with Crippen molar-refractivity contribution in [2.75, 3.05) is 19.6 Å². The van der Waals surface area contributed by atoms with Gasteiger partial charge in [-0.15, -0.1) is 11.3 Å². The number of hydrogen-bond acceptors (Lipinski definition) is 3. The molecule has 1 aliphatic rings. The number of carboxylic acids is 1. The monoisotopic (exact) mass is 374 g/mol. The molecule has 1 fully saturated rings. The Balaban J connectivity index is 1.73. The molecule has 0 aliphatic carbocycles. The number of carbonyl (C=O) groups excluding carboxylic acids is 1. The summed E-state index contributed by atoms with van der Waals surface area (Å²) < 4.78 is 1.09. The molecule has 0 spiro atoms. The maximum absolute atomic E-state index is 12.1. The predicted molar refractivity (Wildman–Crippen MR) is 85.7 cm³/mol. The molecular formula is C14H19BrN2O3S. The van der Waals surface area contributed by atoms with Gasteiger partial charge in [0, 0.05) is 30.9 Å². The first-order valence-electron chi connectivity index (χ1n) is 7.03. The standard InChI is InChI=1S/C14H19BrN2O3S/c15-12-4-3-11(21-12)5-6-16-14(20)17-7-1-2-10(9-17)8-13(18)19/h3-4,10H,1-2,5-9H2,(H,16,20)(H,18,19). The normalized spacial score (nSPS) is 18.5. The van der Waals surface area contributed by atoms with Crippen LogP contribution >= 0.6 is 27.3 Å². The number of halogens is 1. The molecule has 1 saturated heterocycles. The van der Waals surface area contributed by atoms with Crippen LogP contribution in [0.25, 0.3) is 0 Å². The predicted octanol–water partition coefficient (Wildman–Crippen LogP) is 2.95. The second-order valence-electron chi connectivity index (χ2n) is 5.24. The number of carbonyl (C=O) groups is 2. The van der Waals surface area contributed by atoms with Crippen molar-refractivity contribution in [2.45, 2.75) is 25.7 Å². The molecule has 21 heavy (non-hydrogen) atoms. The largest absolute Gasteiger partial charge is 0.481 e. The Bertz CT molecular complexity index is 506. The molecule has 1 atom stereocenters. The average molecular weight is 375 g/mol. The van der Waals surface area contributed by atoms with Gasteiger partial charge in [-0.25, -0.2) is 4.79 Å². The van der Waals surface area contributed by atoms with Crippen molar-refractivity contribution in [1.82, 2.24) is 10.2 Å². The minimum absolute atomic E-state index is 0.0789. The van der Waals surface area contributed by atoms with Gasteiger partial charge in [0.2, 0.25) is 0 Å². The summed E-state index contributed by atoms with van der Waals surface area (Å²) in [5.74, 6) is -0.708. The van der Waals surface area contributed by atoms with Crippen LogP contribution in [0.2, 0.25) is 0 Å². The Morgan fingerprint density at radius 2 is 2.29 bits per heavy atom. The van der Waals surface area contributed by atoms with E-state index in [1.54, 1.807) is 16.2 Å². The quantitative estimate of drug-likeness (QED) is 0.832. The highest BCUT2D eigenvalue weighted by Crippen LogP contribution is 2.22. The van der Waals surface area contributed by atoms with Crippen molar-refractivity contribution in [1.29, 1.82) is 0 Å².